The summed E-state index contributed by atoms with van der Waals surface area (Å²) in [5, 5.41) is 3.61. The number of carbonyl (C=O) groups excluding carboxylic acids is 2. The third-order valence-corrected chi connectivity index (χ3v) is 10.9. The molecule has 0 heterocycles. The smallest absolute Gasteiger partial charge is 0.264 e. The van der Waals surface area contributed by atoms with Crippen molar-refractivity contribution in [3.8, 4) is 5.75 Å². The van der Waals surface area contributed by atoms with Gasteiger partial charge in [0.15, 0.2) is 0 Å². The van der Waals surface area contributed by atoms with Crippen molar-refractivity contribution >= 4 is 62.5 Å². The Morgan fingerprint density at radius 3 is 2.08 bits per heavy atom. The Balaban J connectivity index is 1.83. The lowest BCUT2D eigenvalue weighted by Crippen LogP contribution is -2.53. The maximum Gasteiger partial charge on any atom is 0.264 e. The van der Waals surface area contributed by atoms with Gasteiger partial charge in [-0.25, -0.2) is 8.42 Å². The molecule has 8 nitrogen and oxygen atoms in total. The van der Waals surface area contributed by atoms with Gasteiger partial charge in [0.25, 0.3) is 10.0 Å². The first kappa shape index (κ1) is 38.1. The lowest BCUT2D eigenvalue weighted by atomic mass is 10.0. The molecule has 49 heavy (non-hydrogen) atoms. The van der Waals surface area contributed by atoms with Crippen molar-refractivity contribution in [3.05, 3.63) is 118 Å². The van der Waals surface area contributed by atoms with Gasteiger partial charge in [0.2, 0.25) is 11.8 Å². The lowest BCUT2D eigenvalue weighted by molar-refractivity contribution is -0.140. The van der Waals surface area contributed by atoms with Gasteiger partial charge in [0, 0.05) is 40.0 Å². The van der Waals surface area contributed by atoms with Crippen LogP contribution in [0.3, 0.4) is 0 Å². The number of hydrogen-bond acceptors (Lipinski definition) is 6. The van der Waals surface area contributed by atoms with Crippen molar-refractivity contribution in [2.45, 2.75) is 49.6 Å². The molecule has 0 unspecified atom stereocenters. The molecule has 0 bridgehead atoms. The summed E-state index contributed by atoms with van der Waals surface area (Å²) in [6.07, 6.45) is 2.07. The zero-order valence-electron chi connectivity index (χ0n) is 27.9. The van der Waals surface area contributed by atoms with Crippen LogP contribution < -0.4 is 14.4 Å². The highest BCUT2D eigenvalue weighted by Gasteiger charge is 2.35. The van der Waals surface area contributed by atoms with Crippen molar-refractivity contribution < 1.29 is 22.7 Å². The molecule has 0 aromatic heterocycles. The minimum atomic E-state index is -4.27. The monoisotopic (exact) mass is 741 g/mol. The van der Waals surface area contributed by atoms with Gasteiger partial charge in [0.1, 0.15) is 18.3 Å². The average Bonchev–Trinajstić information content (AvgIpc) is 3.09. The van der Waals surface area contributed by atoms with E-state index in [0.717, 1.165) is 14.8 Å². The van der Waals surface area contributed by atoms with E-state index in [1.54, 1.807) is 54.6 Å². The van der Waals surface area contributed by atoms with Crippen molar-refractivity contribution in [3.63, 3.8) is 0 Å². The highest BCUT2D eigenvalue weighted by molar-refractivity contribution is 7.98. The summed E-state index contributed by atoms with van der Waals surface area (Å²) in [6, 6.07) is 26.3. The number of rotatable bonds is 16. The van der Waals surface area contributed by atoms with Gasteiger partial charge in [-0.05, 0) is 85.3 Å². The van der Waals surface area contributed by atoms with Crippen LogP contribution in [0.25, 0.3) is 0 Å². The molecule has 260 valence electrons. The number of sulfonamides is 1. The van der Waals surface area contributed by atoms with Crippen LogP contribution in [0.15, 0.2) is 107 Å². The molecule has 12 heteroatoms. The first-order valence-electron chi connectivity index (χ1n) is 15.9. The number of thioether (sulfide) groups is 1. The molecule has 4 rings (SSSR count). The molecule has 4 aromatic carbocycles. The number of amides is 2. The predicted molar refractivity (Wildman–Crippen MR) is 199 cm³/mol. The molecule has 0 aliphatic carbocycles. The van der Waals surface area contributed by atoms with Crippen LogP contribution in [0.5, 0.6) is 5.75 Å². The van der Waals surface area contributed by atoms with Crippen LogP contribution in [0, 0.1) is 5.92 Å². The molecular weight excluding hydrogens is 701 g/mol. The van der Waals surface area contributed by atoms with E-state index >= 15 is 0 Å². The number of carbonyl (C=O) groups is 2. The number of anilines is 1. The minimum absolute atomic E-state index is 0.0168. The summed E-state index contributed by atoms with van der Waals surface area (Å²) in [7, 11) is -4.27. The van der Waals surface area contributed by atoms with E-state index in [9.17, 15) is 18.0 Å². The van der Waals surface area contributed by atoms with Crippen molar-refractivity contribution in [1.82, 2.24) is 10.2 Å². The summed E-state index contributed by atoms with van der Waals surface area (Å²) in [5.41, 5.74) is 1.52. The number of ether oxygens (including phenoxy) is 1. The highest BCUT2D eigenvalue weighted by atomic mass is 35.5. The van der Waals surface area contributed by atoms with E-state index in [2.05, 4.69) is 5.32 Å². The molecule has 1 atom stereocenters. The molecule has 0 radical (unpaired) electrons. The number of nitrogens with zero attached hydrogens (tertiary/aromatic N) is 2. The molecule has 1 N–H and O–H groups in total. The van der Waals surface area contributed by atoms with Gasteiger partial charge in [0.05, 0.1) is 17.2 Å². The zero-order chi connectivity index (χ0) is 35.6. The maximum absolute atomic E-state index is 14.7. The Labute approximate surface area is 303 Å². The topological polar surface area (TPSA) is 96.0 Å². The molecule has 0 saturated heterocycles. The van der Waals surface area contributed by atoms with E-state index < -0.39 is 28.5 Å². The SMILES string of the molecule is CCOc1ccc(N(CC(=O)N(Cc2c(Cl)cccc2Cl)[C@@H](Cc2ccccc2)C(=O)NCC(C)C)S(=O)(=O)c2ccc(SC)cc2)cc1. The van der Waals surface area contributed by atoms with E-state index in [0.29, 0.717) is 34.5 Å². The number of benzene rings is 4. The van der Waals surface area contributed by atoms with Crippen LogP contribution in [0.2, 0.25) is 10.0 Å². The van der Waals surface area contributed by atoms with Gasteiger partial charge in [-0.3, -0.25) is 13.9 Å². The molecule has 0 spiro atoms. The minimum Gasteiger partial charge on any atom is -0.494 e. The fraction of sp³-hybridized carbons (Fsp3) is 0.297. The van der Waals surface area contributed by atoms with Crippen molar-refractivity contribution in [2.24, 2.45) is 5.92 Å². The van der Waals surface area contributed by atoms with E-state index in [-0.39, 0.29) is 35.4 Å². The summed E-state index contributed by atoms with van der Waals surface area (Å²) < 4.78 is 35.3. The second-order valence-corrected chi connectivity index (χ2v) is 15.2. The van der Waals surface area contributed by atoms with Gasteiger partial charge < -0.3 is 15.0 Å². The quantitative estimate of drug-likeness (QED) is 0.118. The normalized spacial score (nSPS) is 12.0. The molecule has 4 aromatic rings. The molecular formula is C37H41Cl2N3O5S2. The third-order valence-electron chi connectivity index (χ3n) is 7.71. The Kier molecular flexibility index (Phi) is 13.8. The van der Waals surface area contributed by atoms with Crippen LogP contribution in [-0.4, -0.2) is 57.1 Å². The summed E-state index contributed by atoms with van der Waals surface area (Å²) >= 11 is 14.7. The van der Waals surface area contributed by atoms with Crippen LogP contribution in [0.4, 0.5) is 5.69 Å². The first-order valence-corrected chi connectivity index (χ1v) is 19.3. The van der Waals surface area contributed by atoms with Gasteiger partial charge in [-0.15, -0.1) is 11.8 Å². The summed E-state index contributed by atoms with van der Waals surface area (Å²) in [4.78, 5) is 31.0. The Hall–Kier alpha value is -3.70. The first-order chi connectivity index (χ1) is 23.4. The fourth-order valence-corrected chi connectivity index (χ4v) is 7.45. The highest BCUT2D eigenvalue weighted by Crippen LogP contribution is 2.30. The largest absolute Gasteiger partial charge is 0.494 e. The van der Waals surface area contributed by atoms with E-state index in [4.69, 9.17) is 27.9 Å². The Morgan fingerprint density at radius 1 is 0.878 bits per heavy atom. The van der Waals surface area contributed by atoms with Crippen LogP contribution >= 0.6 is 35.0 Å². The van der Waals surface area contributed by atoms with Crippen molar-refractivity contribution in [1.29, 1.82) is 0 Å². The summed E-state index contributed by atoms with van der Waals surface area (Å²) in [5.74, 6) is -0.285. The predicted octanol–water partition coefficient (Wildman–Crippen LogP) is 7.72. The molecule has 0 aliphatic heterocycles. The van der Waals surface area contributed by atoms with E-state index in [1.807, 2.05) is 57.4 Å². The number of halogens is 2. The van der Waals surface area contributed by atoms with Gasteiger partial charge in [-0.1, -0.05) is 73.4 Å². The second kappa shape index (κ2) is 17.8. The Bertz CT molecular complexity index is 1790. The standard InChI is InChI=1S/C37H41Cl2N3O5S2/c1-5-47-29-16-14-28(15-17-29)42(49(45,46)31-20-18-30(48-4)19-21-31)25-36(43)41(24-32-33(38)12-9-13-34(32)39)35(37(44)40-23-26(2)3)22-27-10-7-6-8-11-27/h6-21,26,35H,5,22-25H2,1-4H3,(H,40,44)/t35-/m0/s1. The molecule has 0 saturated carbocycles. The average molecular weight is 743 g/mol. The van der Waals surface area contributed by atoms with Crippen LogP contribution in [-0.2, 0) is 32.6 Å². The van der Waals surface area contributed by atoms with E-state index in [1.165, 1.54) is 28.8 Å². The maximum atomic E-state index is 14.7. The molecule has 0 fully saturated rings. The zero-order valence-corrected chi connectivity index (χ0v) is 31.1. The lowest BCUT2D eigenvalue weighted by Gasteiger charge is -2.34. The fourth-order valence-electron chi connectivity index (χ4n) is 5.11. The van der Waals surface area contributed by atoms with Gasteiger partial charge >= 0.3 is 0 Å². The molecule has 0 aliphatic rings. The molecule has 2 amide bonds. The van der Waals surface area contributed by atoms with Gasteiger partial charge in [-0.2, -0.15) is 0 Å². The third kappa shape index (κ3) is 10.2. The number of hydrogen-bond donors (Lipinski definition) is 1. The number of nitrogens with one attached hydrogen (secondary N) is 1. The summed E-state index contributed by atoms with van der Waals surface area (Å²) in [6.45, 7) is 5.88. The second-order valence-electron chi connectivity index (χ2n) is 11.7. The van der Waals surface area contributed by atoms with Crippen molar-refractivity contribution in [2.75, 3.05) is 30.3 Å². The van der Waals surface area contributed by atoms with Crippen LogP contribution in [0.1, 0.15) is 31.9 Å². The Morgan fingerprint density at radius 2 is 1.51 bits per heavy atom.